The van der Waals surface area contributed by atoms with Crippen molar-refractivity contribution in [3.8, 4) is 0 Å². The highest BCUT2D eigenvalue weighted by molar-refractivity contribution is 5.87. The lowest BCUT2D eigenvalue weighted by molar-refractivity contribution is -0.142. The summed E-state index contributed by atoms with van der Waals surface area (Å²) in [5.74, 6) is -3.80. The molecule has 8 heteroatoms. The molecule has 25 heavy (non-hydrogen) atoms. The van der Waals surface area contributed by atoms with Gasteiger partial charge in [-0.2, -0.15) is 0 Å². The van der Waals surface area contributed by atoms with Crippen LogP contribution in [0.4, 0.5) is 13.2 Å². The molecule has 1 aromatic carbocycles. The number of rotatable bonds is 4. The van der Waals surface area contributed by atoms with Crippen LogP contribution in [-0.4, -0.2) is 53.8 Å². The predicted molar refractivity (Wildman–Crippen MR) is 86.0 cm³/mol. The van der Waals surface area contributed by atoms with Gasteiger partial charge in [0.25, 0.3) is 0 Å². The topological polar surface area (TPSA) is 66.6 Å². The Hall–Kier alpha value is -2.09. The monoisotopic (exact) mass is 357 g/mol. The molecule has 0 aliphatic carbocycles. The first-order valence-corrected chi connectivity index (χ1v) is 8.14. The van der Waals surface area contributed by atoms with Crippen LogP contribution in [0, 0.1) is 17.5 Å². The first-order chi connectivity index (χ1) is 11.7. The summed E-state index contributed by atoms with van der Waals surface area (Å²) < 4.78 is 39.9. The van der Waals surface area contributed by atoms with Gasteiger partial charge in [0.15, 0.2) is 11.6 Å². The quantitative estimate of drug-likeness (QED) is 0.830. The minimum atomic E-state index is -1.27. The van der Waals surface area contributed by atoms with Gasteiger partial charge in [0, 0.05) is 38.7 Å². The van der Waals surface area contributed by atoms with E-state index < -0.39 is 29.5 Å². The van der Waals surface area contributed by atoms with Gasteiger partial charge in [0.1, 0.15) is 11.9 Å². The zero-order valence-corrected chi connectivity index (χ0v) is 14.3. The Labute approximate surface area is 144 Å². The Kier molecular flexibility index (Phi) is 6.05. The van der Waals surface area contributed by atoms with Crippen LogP contribution in [0.15, 0.2) is 12.1 Å². The maximum absolute atomic E-state index is 13.7. The van der Waals surface area contributed by atoms with Crippen LogP contribution in [0.3, 0.4) is 0 Å². The van der Waals surface area contributed by atoms with Gasteiger partial charge in [0.05, 0.1) is 0 Å². The summed E-state index contributed by atoms with van der Waals surface area (Å²) >= 11 is 0. The molecule has 0 radical (unpaired) electrons. The molecule has 2 amide bonds. The Morgan fingerprint density at radius 1 is 1.24 bits per heavy atom. The van der Waals surface area contributed by atoms with Gasteiger partial charge >= 0.3 is 0 Å². The molecule has 1 aromatic rings. The average molecular weight is 357 g/mol. The normalized spacial score (nSPS) is 19.8. The minimum Gasteiger partial charge on any atom is -0.344 e. The molecule has 0 unspecified atom stereocenters. The fourth-order valence-corrected chi connectivity index (χ4v) is 2.99. The van der Waals surface area contributed by atoms with E-state index in [0.29, 0.717) is 25.6 Å². The van der Waals surface area contributed by atoms with Crippen molar-refractivity contribution < 1.29 is 22.8 Å². The number of hydrogen-bond acceptors (Lipinski definition) is 3. The number of carbonyl (C=O) groups is 2. The standard InChI is InChI=1S/C17H22F3N3O2/c1-10-17(25)22(2)4-3-5-23(10)16(24)8-12(21)6-11-7-14(19)15(20)9-13(11)18/h7,9-10,12H,3-6,8,21H2,1-2H3/t10-,12-/m1/s1. The third kappa shape index (κ3) is 4.50. The van der Waals surface area contributed by atoms with Gasteiger partial charge in [0.2, 0.25) is 11.8 Å². The summed E-state index contributed by atoms with van der Waals surface area (Å²) in [6.07, 6.45) is 0.440. The average Bonchev–Trinajstić information content (AvgIpc) is 2.66. The van der Waals surface area contributed by atoms with E-state index >= 15 is 0 Å². The number of nitrogens with zero attached hydrogens (tertiary/aromatic N) is 2. The summed E-state index contributed by atoms with van der Waals surface area (Å²) in [4.78, 5) is 27.6. The summed E-state index contributed by atoms with van der Waals surface area (Å²) in [6.45, 7) is 2.66. The first kappa shape index (κ1) is 19.2. The second-order valence-corrected chi connectivity index (χ2v) is 6.40. The molecule has 138 valence electrons. The van der Waals surface area contributed by atoms with E-state index in [2.05, 4.69) is 0 Å². The molecule has 1 aliphatic rings. The minimum absolute atomic E-state index is 0.0843. The Morgan fingerprint density at radius 2 is 1.88 bits per heavy atom. The Bertz CT molecular complexity index is 669. The summed E-state index contributed by atoms with van der Waals surface area (Å²) in [6, 6.07) is -0.144. The maximum Gasteiger partial charge on any atom is 0.244 e. The molecule has 2 atom stereocenters. The smallest absolute Gasteiger partial charge is 0.244 e. The largest absolute Gasteiger partial charge is 0.344 e. The molecule has 0 aromatic heterocycles. The van der Waals surface area contributed by atoms with Crippen molar-refractivity contribution >= 4 is 11.8 Å². The SMILES string of the molecule is C[C@@H]1C(=O)N(C)CCCN1C(=O)C[C@H](N)Cc1cc(F)c(F)cc1F. The molecule has 0 spiro atoms. The molecule has 0 saturated carbocycles. The summed E-state index contributed by atoms with van der Waals surface area (Å²) in [5, 5.41) is 0. The molecule has 2 N–H and O–H groups in total. The van der Waals surface area contributed by atoms with E-state index in [4.69, 9.17) is 5.73 Å². The van der Waals surface area contributed by atoms with Crippen molar-refractivity contribution in [2.75, 3.05) is 20.1 Å². The molecular weight excluding hydrogens is 335 g/mol. The lowest BCUT2D eigenvalue weighted by Gasteiger charge is -2.28. The van der Waals surface area contributed by atoms with E-state index in [-0.39, 0.29) is 30.2 Å². The number of likely N-dealkylation sites (N-methyl/N-ethyl adjacent to an activating group) is 1. The summed E-state index contributed by atoms with van der Waals surface area (Å²) in [7, 11) is 1.68. The highest BCUT2D eigenvalue weighted by Gasteiger charge is 2.31. The first-order valence-electron chi connectivity index (χ1n) is 8.14. The number of halogens is 3. The molecule has 0 bridgehead atoms. The highest BCUT2D eigenvalue weighted by Crippen LogP contribution is 2.17. The van der Waals surface area contributed by atoms with Crippen LogP contribution in [-0.2, 0) is 16.0 Å². The number of carbonyl (C=O) groups excluding carboxylic acids is 2. The molecule has 1 aliphatic heterocycles. The lowest BCUT2D eigenvalue weighted by Crippen LogP contribution is -2.47. The third-order valence-corrected chi connectivity index (χ3v) is 4.42. The number of amides is 2. The maximum atomic E-state index is 13.7. The van der Waals surface area contributed by atoms with Gasteiger partial charge in [-0.15, -0.1) is 0 Å². The van der Waals surface area contributed by atoms with E-state index in [1.54, 1.807) is 18.9 Å². The molecule has 1 saturated heterocycles. The van der Waals surface area contributed by atoms with E-state index in [0.717, 1.165) is 6.07 Å². The molecule has 1 heterocycles. The molecule has 1 fully saturated rings. The lowest BCUT2D eigenvalue weighted by atomic mass is 10.0. The second kappa shape index (κ2) is 7.86. The van der Waals surface area contributed by atoms with Gasteiger partial charge < -0.3 is 15.5 Å². The van der Waals surface area contributed by atoms with Crippen LogP contribution in [0.25, 0.3) is 0 Å². The Balaban J connectivity index is 2.02. The van der Waals surface area contributed by atoms with Crippen LogP contribution >= 0.6 is 0 Å². The fourth-order valence-electron chi connectivity index (χ4n) is 2.99. The Morgan fingerprint density at radius 3 is 2.56 bits per heavy atom. The summed E-state index contributed by atoms with van der Waals surface area (Å²) in [5.41, 5.74) is 5.81. The molecule has 2 rings (SSSR count). The molecular formula is C17H22F3N3O2. The number of nitrogens with two attached hydrogens (primary N) is 1. The van der Waals surface area contributed by atoms with Gasteiger partial charge in [-0.25, -0.2) is 13.2 Å². The van der Waals surface area contributed by atoms with Crippen LogP contribution in [0.5, 0.6) is 0 Å². The molecule has 5 nitrogen and oxygen atoms in total. The van der Waals surface area contributed by atoms with E-state index in [1.165, 1.54) is 4.90 Å². The van der Waals surface area contributed by atoms with Crippen molar-refractivity contribution in [1.29, 1.82) is 0 Å². The van der Waals surface area contributed by atoms with Gasteiger partial charge in [-0.1, -0.05) is 0 Å². The van der Waals surface area contributed by atoms with Crippen molar-refractivity contribution in [2.24, 2.45) is 5.73 Å². The predicted octanol–water partition coefficient (Wildman–Crippen LogP) is 1.44. The third-order valence-electron chi connectivity index (χ3n) is 4.42. The van der Waals surface area contributed by atoms with Crippen molar-refractivity contribution in [2.45, 2.75) is 38.3 Å². The van der Waals surface area contributed by atoms with E-state index in [1.807, 2.05) is 0 Å². The number of hydrogen-bond donors (Lipinski definition) is 1. The zero-order chi connectivity index (χ0) is 18.7. The van der Waals surface area contributed by atoms with Crippen LogP contribution in [0.2, 0.25) is 0 Å². The van der Waals surface area contributed by atoms with Crippen LogP contribution in [0.1, 0.15) is 25.3 Å². The van der Waals surface area contributed by atoms with Crippen molar-refractivity contribution in [3.63, 3.8) is 0 Å². The second-order valence-electron chi connectivity index (χ2n) is 6.40. The number of benzene rings is 1. The van der Waals surface area contributed by atoms with Crippen LogP contribution < -0.4 is 5.73 Å². The van der Waals surface area contributed by atoms with Gasteiger partial charge in [-0.05, 0) is 31.4 Å². The fraction of sp³-hybridized carbons (Fsp3) is 0.529. The van der Waals surface area contributed by atoms with Gasteiger partial charge in [-0.3, -0.25) is 9.59 Å². The highest BCUT2D eigenvalue weighted by atomic mass is 19.2. The zero-order valence-electron chi connectivity index (χ0n) is 14.3. The van der Waals surface area contributed by atoms with Crippen molar-refractivity contribution in [3.05, 3.63) is 35.1 Å². The van der Waals surface area contributed by atoms with Crippen molar-refractivity contribution in [1.82, 2.24) is 9.80 Å². The van der Waals surface area contributed by atoms with E-state index in [9.17, 15) is 22.8 Å².